The lowest BCUT2D eigenvalue weighted by molar-refractivity contribution is -0.132. The molecule has 2 aromatic heterocycles. The monoisotopic (exact) mass is 344 g/mol. The van der Waals surface area contributed by atoms with Gasteiger partial charge in [0.2, 0.25) is 5.91 Å². The third-order valence-electron chi connectivity index (χ3n) is 4.00. The number of imidazole rings is 1. The highest BCUT2D eigenvalue weighted by molar-refractivity contribution is 7.13. The molecular weight excluding hydrogens is 324 g/mol. The summed E-state index contributed by atoms with van der Waals surface area (Å²) in [6.45, 7) is 4.93. The highest BCUT2D eigenvalue weighted by Crippen LogP contribution is 2.30. The van der Waals surface area contributed by atoms with Crippen molar-refractivity contribution in [3.63, 3.8) is 0 Å². The standard InChI is InChI=1S/C17H20N4O2S/c1-3-20(8-9-22)15(23)10-21-14-7-5-4-6-13(14)19-17(21)16-12(2)18-11-24-16/h4-7,11,22H,3,8-10H2,1-2H3. The zero-order valence-electron chi connectivity index (χ0n) is 13.8. The number of aliphatic hydroxyl groups excluding tert-OH is 1. The maximum Gasteiger partial charge on any atom is 0.242 e. The van der Waals surface area contributed by atoms with Crippen molar-refractivity contribution in [1.29, 1.82) is 0 Å². The number of aryl methyl sites for hydroxylation is 1. The van der Waals surface area contributed by atoms with Crippen LogP contribution >= 0.6 is 11.3 Å². The molecule has 3 rings (SSSR count). The lowest BCUT2D eigenvalue weighted by atomic mass is 10.3. The summed E-state index contributed by atoms with van der Waals surface area (Å²) in [6, 6.07) is 7.80. The first-order chi connectivity index (χ1) is 11.7. The summed E-state index contributed by atoms with van der Waals surface area (Å²) in [5, 5.41) is 9.14. The van der Waals surface area contributed by atoms with E-state index in [9.17, 15) is 4.79 Å². The van der Waals surface area contributed by atoms with E-state index in [1.54, 1.807) is 10.4 Å². The molecule has 0 radical (unpaired) electrons. The molecule has 0 spiro atoms. The summed E-state index contributed by atoms with van der Waals surface area (Å²) in [7, 11) is 0. The van der Waals surface area contributed by atoms with E-state index in [1.807, 2.05) is 42.7 Å². The lowest BCUT2D eigenvalue weighted by Crippen LogP contribution is -2.35. The third-order valence-corrected chi connectivity index (χ3v) is 4.93. The fourth-order valence-electron chi connectivity index (χ4n) is 2.74. The van der Waals surface area contributed by atoms with Gasteiger partial charge in [0.05, 0.1) is 33.7 Å². The fourth-order valence-corrected chi connectivity index (χ4v) is 3.54. The lowest BCUT2D eigenvalue weighted by Gasteiger charge is -2.20. The van der Waals surface area contributed by atoms with E-state index in [0.29, 0.717) is 13.1 Å². The molecule has 0 saturated heterocycles. The Labute approximate surface area is 144 Å². The number of aromatic nitrogens is 3. The highest BCUT2D eigenvalue weighted by Gasteiger charge is 2.20. The number of benzene rings is 1. The van der Waals surface area contributed by atoms with Gasteiger partial charge in [0.1, 0.15) is 6.54 Å². The van der Waals surface area contributed by atoms with E-state index in [-0.39, 0.29) is 19.1 Å². The number of likely N-dealkylation sites (N-methyl/N-ethyl adjacent to an activating group) is 1. The second-order valence-corrected chi connectivity index (χ2v) is 6.33. The average Bonchev–Trinajstić information content (AvgIpc) is 3.16. The van der Waals surface area contributed by atoms with Crippen LogP contribution < -0.4 is 0 Å². The number of carbonyl (C=O) groups is 1. The molecule has 0 unspecified atom stereocenters. The normalized spacial score (nSPS) is 11.1. The Balaban J connectivity index is 2.05. The van der Waals surface area contributed by atoms with Gasteiger partial charge in [0, 0.05) is 13.1 Å². The Morgan fingerprint density at radius 1 is 1.38 bits per heavy atom. The number of aliphatic hydroxyl groups is 1. The second kappa shape index (κ2) is 7.11. The molecule has 6 nitrogen and oxygen atoms in total. The second-order valence-electron chi connectivity index (χ2n) is 5.47. The Bertz CT molecular complexity index is 855. The van der Waals surface area contributed by atoms with Crippen LogP contribution in [-0.4, -0.2) is 50.1 Å². The predicted molar refractivity (Wildman–Crippen MR) is 94.9 cm³/mol. The number of rotatable bonds is 6. The van der Waals surface area contributed by atoms with Crippen molar-refractivity contribution in [2.75, 3.05) is 19.7 Å². The third kappa shape index (κ3) is 3.05. The Morgan fingerprint density at radius 3 is 2.83 bits per heavy atom. The summed E-state index contributed by atoms with van der Waals surface area (Å²) in [4.78, 5) is 24.3. The summed E-state index contributed by atoms with van der Waals surface area (Å²) in [5.41, 5.74) is 4.49. The van der Waals surface area contributed by atoms with Gasteiger partial charge in [-0.2, -0.15) is 0 Å². The van der Waals surface area contributed by atoms with Gasteiger partial charge in [0.25, 0.3) is 0 Å². The van der Waals surface area contributed by atoms with Crippen molar-refractivity contribution < 1.29 is 9.90 Å². The minimum Gasteiger partial charge on any atom is -0.395 e. The number of nitrogens with zero attached hydrogens (tertiary/aromatic N) is 4. The summed E-state index contributed by atoms with van der Waals surface area (Å²) >= 11 is 1.52. The van der Waals surface area contributed by atoms with Crippen LogP contribution in [0.5, 0.6) is 0 Å². The molecule has 3 aromatic rings. The first-order valence-corrected chi connectivity index (χ1v) is 8.78. The van der Waals surface area contributed by atoms with Gasteiger partial charge in [-0.3, -0.25) is 4.79 Å². The molecule has 0 aliphatic carbocycles. The molecule has 2 heterocycles. The van der Waals surface area contributed by atoms with Crippen molar-refractivity contribution >= 4 is 28.3 Å². The van der Waals surface area contributed by atoms with Gasteiger partial charge in [-0.1, -0.05) is 12.1 Å². The van der Waals surface area contributed by atoms with Crippen molar-refractivity contribution in [3.8, 4) is 10.7 Å². The minimum atomic E-state index is -0.0366. The smallest absolute Gasteiger partial charge is 0.242 e. The van der Waals surface area contributed by atoms with Gasteiger partial charge in [-0.25, -0.2) is 9.97 Å². The van der Waals surface area contributed by atoms with E-state index in [1.165, 1.54) is 11.3 Å². The number of fused-ring (bicyclic) bond motifs is 1. The van der Waals surface area contributed by atoms with Gasteiger partial charge in [0.15, 0.2) is 5.82 Å². The Kier molecular flexibility index (Phi) is 4.92. The maximum atomic E-state index is 12.6. The molecule has 126 valence electrons. The van der Waals surface area contributed by atoms with Crippen molar-refractivity contribution in [3.05, 3.63) is 35.5 Å². The first-order valence-electron chi connectivity index (χ1n) is 7.90. The Hall–Kier alpha value is -2.25. The molecule has 1 N–H and O–H groups in total. The molecule has 0 aliphatic heterocycles. The summed E-state index contributed by atoms with van der Waals surface area (Å²) in [6.07, 6.45) is 0. The number of para-hydroxylation sites is 2. The van der Waals surface area contributed by atoms with E-state index < -0.39 is 0 Å². The summed E-state index contributed by atoms with van der Waals surface area (Å²) in [5.74, 6) is 0.739. The molecule has 7 heteroatoms. The molecular formula is C17H20N4O2S. The van der Waals surface area contributed by atoms with E-state index >= 15 is 0 Å². The molecule has 1 aromatic carbocycles. The number of hydrogen-bond acceptors (Lipinski definition) is 5. The van der Waals surface area contributed by atoms with Crippen LogP contribution in [0.15, 0.2) is 29.8 Å². The van der Waals surface area contributed by atoms with Crippen molar-refractivity contribution in [2.45, 2.75) is 20.4 Å². The van der Waals surface area contributed by atoms with Crippen LogP contribution in [-0.2, 0) is 11.3 Å². The maximum absolute atomic E-state index is 12.6. The molecule has 0 saturated carbocycles. The quantitative estimate of drug-likeness (QED) is 0.745. The van der Waals surface area contributed by atoms with Gasteiger partial charge in [-0.15, -0.1) is 11.3 Å². The average molecular weight is 344 g/mol. The van der Waals surface area contributed by atoms with Gasteiger partial charge < -0.3 is 14.6 Å². The SMILES string of the molecule is CCN(CCO)C(=O)Cn1c(-c2scnc2C)nc2ccccc21. The van der Waals surface area contributed by atoms with E-state index in [2.05, 4.69) is 4.98 Å². The highest BCUT2D eigenvalue weighted by atomic mass is 32.1. The van der Waals surface area contributed by atoms with E-state index in [4.69, 9.17) is 10.1 Å². The molecule has 0 fully saturated rings. The molecule has 0 atom stereocenters. The number of hydrogen-bond donors (Lipinski definition) is 1. The fraction of sp³-hybridized carbons (Fsp3) is 0.353. The number of thiazole rings is 1. The summed E-state index contributed by atoms with van der Waals surface area (Å²) < 4.78 is 1.94. The molecule has 1 amide bonds. The topological polar surface area (TPSA) is 71.2 Å². The van der Waals surface area contributed by atoms with Crippen LogP contribution in [0, 0.1) is 6.92 Å². The number of amides is 1. The van der Waals surface area contributed by atoms with Crippen LogP contribution in [0.4, 0.5) is 0 Å². The van der Waals surface area contributed by atoms with Crippen molar-refractivity contribution in [2.24, 2.45) is 0 Å². The van der Waals surface area contributed by atoms with Crippen molar-refractivity contribution in [1.82, 2.24) is 19.4 Å². The molecule has 24 heavy (non-hydrogen) atoms. The van der Waals surface area contributed by atoms with Crippen LogP contribution in [0.3, 0.4) is 0 Å². The van der Waals surface area contributed by atoms with Gasteiger partial charge >= 0.3 is 0 Å². The molecule has 0 bridgehead atoms. The Morgan fingerprint density at radius 2 is 2.17 bits per heavy atom. The first kappa shape index (κ1) is 16.6. The molecule has 0 aliphatic rings. The minimum absolute atomic E-state index is 0.0295. The largest absolute Gasteiger partial charge is 0.395 e. The van der Waals surface area contributed by atoms with Gasteiger partial charge in [-0.05, 0) is 26.0 Å². The van der Waals surface area contributed by atoms with Crippen LogP contribution in [0.2, 0.25) is 0 Å². The number of carbonyl (C=O) groups excluding carboxylic acids is 1. The predicted octanol–water partition coefficient (Wildman–Crippen LogP) is 2.31. The van der Waals surface area contributed by atoms with Crippen LogP contribution in [0.25, 0.3) is 21.7 Å². The zero-order valence-corrected chi connectivity index (χ0v) is 14.6. The zero-order chi connectivity index (χ0) is 17.1. The van der Waals surface area contributed by atoms with Crippen LogP contribution in [0.1, 0.15) is 12.6 Å². The van der Waals surface area contributed by atoms with E-state index in [0.717, 1.165) is 27.4 Å².